The summed E-state index contributed by atoms with van der Waals surface area (Å²) in [5.74, 6) is 0.186. The number of hydrogen-bond acceptors (Lipinski definition) is 3. The van der Waals surface area contributed by atoms with E-state index in [2.05, 4.69) is 30.1 Å². The molecule has 3 rings (SSSR count). The van der Waals surface area contributed by atoms with Gasteiger partial charge in [-0.2, -0.15) is 4.31 Å². The van der Waals surface area contributed by atoms with Gasteiger partial charge in [-0.05, 0) is 51.0 Å². The Morgan fingerprint density at radius 3 is 2.52 bits per heavy atom. The number of likely N-dealkylation sites (tertiary alicyclic amines) is 1. The van der Waals surface area contributed by atoms with Gasteiger partial charge in [-0.3, -0.25) is 0 Å². The van der Waals surface area contributed by atoms with E-state index in [-0.39, 0.29) is 11.2 Å². The van der Waals surface area contributed by atoms with Crippen LogP contribution in [-0.2, 0) is 22.0 Å². The molecular formula is C16H24N2O2S. The zero-order valence-corrected chi connectivity index (χ0v) is 13.7. The predicted octanol–water partition coefficient (Wildman–Crippen LogP) is 1.82. The Kier molecular flexibility index (Phi) is 3.84. The molecule has 1 aromatic rings. The number of rotatable bonds is 2. The summed E-state index contributed by atoms with van der Waals surface area (Å²) in [6.07, 6.45) is 2.08. The Morgan fingerprint density at radius 1 is 1.19 bits per heavy atom. The molecule has 0 radical (unpaired) electrons. The first-order chi connectivity index (χ1) is 9.97. The average Bonchev–Trinajstić information content (AvgIpc) is 2.50. The van der Waals surface area contributed by atoms with Gasteiger partial charge in [-0.15, -0.1) is 0 Å². The van der Waals surface area contributed by atoms with Crippen molar-refractivity contribution in [2.75, 3.05) is 32.4 Å². The Labute approximate surface area is 127 Å². The van der Waals surface area contributed by atoms with Crippen LogP contribution in [0.2, 0.25) is 0 Å². The summed E-state index contributed by atoms with van der Waals surface area (Å²) in [6.45, 7) is 4.98. The van der Waals surface area contributed by atoms with E-state index in [1.165, 1.54) is 11.1 Å². The van der Waals surface area contributed by atoms with E-state index >= 15 is 0 Å². The van der Waals surface area contributed by atoms with Crippen molar-refractivity contribution < 1.29 is 8.42 Å². The molecule has 0 N–H and O–H groups in total. The van der Waals surface area contributed by atoms with Gasteiger partial charge < -0.3 is 4.90 Å². The molecule has 116 valence electrons. The van der Waals surface area contributed by atoms with Crippen LogP contribution in [-0.4, -0.2) is 50.1 Å². The van der Waals surface area contributed by atoms with Crippen molar-refractivity contribution in [2.24, 2.45) is 0 Å². The minimum absolute atomic E-state index is 0.00356. The lowest BCUT2D eigenvalue weighted by Crippen LogP contribution is -2.52. The standard InChI is InChI=1S/C16H24N2O2S/c1-3-21(19,20)18-12-14-6-4-5-7-15(14)16(13-18)8-10-17(2)11-9-16/h4-7H,3,8-13H2,1-2H3. The minimum atomic E-state index is -3.13. The molecule has 0 bridgehead atoms. The third-order valence-corrected chi connectivity index (χ3v) is 6.89. The molecule has 0 unspecified atom stereocenters. The zero-order valence-electron chi connectivity index (χ0n) is 12.9. The monoisotopic (exact) mass is 308 g/mol. The fraction of sp³-hybridized carbons (Fsp3) is 0.625. The Bertz CT molecular complexity index is 619. The molecule has 2 aliphatic rings. The summed E-state index contributed by atoms with van der Waals surface area (Å²) in [4.78, 5) is 2.33. The van der Waals surface area contributed by atoms with Crippen molar-refractivity contribution in [3.8, 4) is 0 Å². The van der Waals surface area contributed by atoms with Crippen LogP contribution < -0.4 is 0 Å². The molecule has 2 aliphatic heterocycles. The molecule has 0 aliphatic carbocycles. The summed E-state index contributed by atoms with van der Waals surface area (Å²) < 4.78 is 26.4. The highest BCUT2D eigenvalue weighted by atomic mass is 32.2. The van der Waals surface area contributed by atoms with Crippen LogP contribution >= 0.6 is 0 Å². The summed E-state index contributed by atoms with van der Waals surface area (Å²) >= 11 is 0. The lowest BCUT2D eigenvalue weighted by molar-refractivity contribution is 0.148. The first kappa shape index (κ1) is 15.0. The quantitative estimate of drug-likeness (QED) is 0.837. The molecule has 4 nitrogen and oxygen atoms in total. The third-order valence-electron chi connectivity index (χ3n) is 5.12. The van der Waals surface area contributed by atoms with Gasteiger partial charge in [0.05, 0.1) is 5.75 Å². The van der Waals surface area contributed by atoms with Gasteiger partial charge in [0.15, 0.2) is 0 Å². The van der Waals surface area contributed by atoms with Crippen LogP contribution in [0, 0.1) is 0 Å². The van der Waals surface area contributed by atoms with Crippen LogP contribution in [0.25, 0.3) is 0 Å². The summed E-state index contributed by atoms with van der Waals surface area (Å²) in [6, 6.07) is 8.40. The summed E-state index contributed by atoms with van der Waals surface area (Å²) in [5, 5.41) is 0. The van der Waals surface area contributed by atoms with E-state index < -0.39 is 10.0 Å². The molecule has 0 amide bonds. The van der Waals surface area contributed by atoms with Gasteiger partial charge in [0.2, 0.25) is 10.0 Å². The molecule has 1 spiro atoms. The average molecular weight is 308 g/mol. The van der Waals surface area contributed by atoms with E-state index in [9.17, 15) is 8.42 Å². The normalized spacial score (nSPS) is 23.1. The summed E-state index contributed by atoms with van der Waals surface area (Å²) in [5.41, 5.74) is 2.56. The first-order valence-corrected chi connectivity index (χ1v) is 9.32. The lowest BCUT2D eigenvalue weighted by Gasteiger charge is -2.47. The fourth-order valence-electron chi connectivity index (χ4n) is 3.70. The minimum Gasteiger partial charge on any atom is -0.306 e. The number of nitrogens with zero attached hydrogens (tertiary/aromatic N) is 2. The molecule has 0 atom stereocenters. The highest BCUT2D eigenvalue weighted by Gasteiger charge is 2.43. The van der Waals surface area contributed by atoms with Crippen LogP contribution in [0.3, 0.4) is 0 Å². The largest absolute Gasteiger partial charge is 0.306 e. The molecule has 0 saturated carbocycles. The SMILES string of the molecule is CCS(=O)(=O)N1Cc2ccccc2C2(CCN(C)CC2)C1. The maximum absolute atomic E-state index is 12.4. The zero-order chi connectivity index (χ0) is 15.1. The van der Waals surface area contributed by atoms with Crippen LogP contribution in [0.4, 0.5) is 0 Å². The van der Waals surface area contributed by atoms with E-state index in [0.717, 1.165) is 25.9 Å². The molecule has 1 aromatic carbocycles. The van der Waals surface area contributed by atoms with Gasteiger partial charge in [-0.1, -0.05) is 24.3 Å². The van der Waals surface area contributed by atoms with Crippen LogP contribution in [0.1, 0.15) is 30.9 Å². The molecule has 2 heterocycles. The maximum Gasteiger partial charge on any atom is 0.214 e. The molecular weight excluding hydrogens is 284 g/mol. The Balaban J connectivity index is 2.03. The second-order valence-corrected chi connectivity index (χ2v) is 8.67. The maximum atomic E-state index is 12.4. The lowest BCUT2D eigenvalue weighted by atomic mass is 9.69. The van der Waals surface area contributed by atoms with E-state index in [1.54, 1.807) is 11.2 Å². The van der Waals surface area contributed by atoms with E-state index in [4.69, 9.17) is 0 Å². The molecule has 1 fully saturated rings. The highest BCUT2D eigenvalue weighted by Crippen LogP contribution is 2.42. The summed E-state index contributed by atoms with van der Waals surface area (Å²) in [7, 11) is -0.992. The number of sulfonamides is 1. The second-order valence-electron chi connectivity index (χ2n) is 6.41. The molecule has 5 heteroatoms. The number of benzene rings is 1. The van der Waals surface area contributed by atoms with Gasteiger partial charge >= 0.3 is 0 Å². The van der Waals surface area contributed by atoms with E-state index in [1.807, 2.05) is 6.07 Å². The Morgan fingerprint density at radius 2 is 1.86 bits per heavy atom. The third kappa shape index (κ3) is 2.62. The van der Waals surface area contributed by atoms with Crippen molar-refractivity contribution in [2.45, 2.75) is 31.7 Å². The van der Waals surface area contributed by atoms with Crippen molar-refractivity contribution in [1.29, 1.82) is 0 Å². The van der Waals surface area contributed by atoms with Crippen molar-refractivity contribution in [3.05, 3.63) is 35.4 Å². The molecule has 1 saturated heterocycles. The van der Waals surface area contributed by atoms with Gasteiger partial charge in [-0.25, -0.2) is 8.42 Å². The van der Waals surface area contributed by atoms with Crippen LogP contribution in [0.5, 0.6) is 0 Å². The Hall–Kier alpha value is -0.910. The number of piperidine rings is 1. The second kappa shape index (κ2) is 5.38. The smallest absolute Gasteiger partial charge is 0.214 e. The first-order valence-electron chi connectivity index (χ1n) is 7.72. The number of hydrogen-bond donors (Lipinski definition) is 0. The van der Waals surface area contributed by atoms with E-state index in [0.29, 0.717) is 13.1 Å². The topological polar surface area (TPSA) is 40.6 Å². The molecule has 0 aromatic heterocycles. The number of fused-ring (bicyclic) bond motifs is 2. The highest BCUT2D eigenvalue weighted by molar-refractivity contribution is 7.89. The van der Waals surface area contributed by atoms with Gasteiger partial charge in [0.25, 0.3) is 0 Å². The molecule has 21 heavy (non-hydrogen) atoms. The van der Waals surface area contributed by atoms with Crippen molar-refractivity contribution in [1.82, 2.24) is 9.21 Å². The van der Waals surface area contributed by atoms with Gasteiger partial charge in [0, 0.05) is 18.5 Å². The van der Waals surface area contributed by atoms with Crippen molar-refractivity contribution in [3.63, 3.8) is 0 Å². The van der Waals surface area contributed by atoms with Crippen molar-refractivity contribution >= 4 is 10.0 Å². The van der Waals surface area contributed by atoms with Crippen LogP contribution in [0.15, 0.2) is 24.3 Å². The van der Waals surface area contributed by atoms with Gasteiger partial charge in [0.1, 0.15) is 0 Å². The predicted molar refractivity (Wildman–Crippen MR) is 84.7 cm³/mol. The fourth-order valence-corrected chi connectivity index (χ4v) is 4.84.